The summed E-state index contributed by atoms with van der Waals surface area (Å²) in [4.78, 5) is 0. The fourth-order valence-corrected chi connectivity index (χ4v) is 1.15. The van der Waals surface area contributed by atoms with Crippen LogP contribution in [0.25, 0.3) is 0 Å². The fraction of sp³-hybridized carbons (Fsp3) is 0.750. The van der Waals surface area contributed by atoms with E-state index in [9.17, 15) is 5.11 Å². The Bertz CT molecular complexity index is 163. The van der Waals surface area contributed by atoms with Gasteiger partial charge in [0.2, 0.25) is 0 Å². The first-order valence-corrected chi connectivity index (χ1v) is 3.86. The second-order valence-corrected chi connectivity index (χ2v) is 3.03. The molecule has 0 aromatic carbocycles. The van der Waals surface area contributed by atoms with Crippen LogP contribution in [0.3, 0.4) is 0 Å². The number of hydrogen-bond donors (Lipinski definition) is 2. The zero-order valence-corrected chi connectivity index (χ0v) is 6.84. The Kier molecular flexibility index (Phi) is 2.65. The standard InChI is InChI=1S/C8H15NO2/c1-8(10,6-9)7-2-4-11-5-3-7/h2,10H,3-6,9H2,1H3. The molecule has 11 heavy (non-hydrogen) atoms. The minimum atomic E-state index is -0.830. The highest BCUT2D eigenvalue weighted by Crippen LogP contribution is 2.20. The van der Waals surface area contributed by atoms with Gasteiger partial charge in [-0.2, -0.15) is 0 Å². The van der Waals surface area contributed by atoms with Gasteiger partial charge in [-0.25, -0.2) is 0 Å². The van der Waals surface area contributed by atoms with Gasteiger partial charge in [0.25, 0.3) is 0 Å². The van der Waals surface area contributed by atoms with E-state index in [4.69, 9.17) is 10.5 Å². The van der Waals surface area contributed by atoms with Gasteiger partial charge < -0.3 is 15.6 Å². The topological polar surface area (TPSA) is 55.5 Å². The molecule has 3 nitrogen and oxygen atoms in total. The van der Waals surface area contributed by atoms with Crippen molar-refractivity contribution in [2.75, 3.05) is 19.8 Å². The summed E-state index contributed by atoms with van der Waals surface area (Å²) in [5, 5.41) is 9.70. The van der Waals surface area contributed by atoms with Gasteiger partial charge in [-0.3, -0.25) is 0 Å². The quantitative estimate of drug-likeness (QED) is 0.556. The minimum absolute atomic E-state index is 0.277. The van der Waals surface area contributed by atoms with Crippen LogP contribution >= 0.6 is 0 Å². The van der Waals surface area contributed by atoms with E-state index in [0.29, 0.717) is 13.2 Å². The molecule has 1 heterocycles. The predicted molar refractivity (Wildman–Crippen MR) is 43.2 cm³/mol. The van der Waals surface area contributed by atoms with Crippen molar-refractivity contribution in [2.45, 2.75) is 18.9 Å². The Balaban J connectivity index is 2.64. The van der Waals surface area contributed by atoms with E-state index in [-0.39, 0.29) is 6.54 Å². The first-order chi connectivity index (χ1) is 5.17. The SMILES string of the molecule is CC(O)(CN)C1=CCOCC1. The van der Waals surface area contributed by atoms with Crippen LogP contribution in [0, 0.1) is 0 Å². The Morgan fingerprint density at radius 1 is 1.82 bits per heavy atom. The highest BCUT2D eigenvalue weighted by molar-refractivity contribution is 5.17. The maximum atomic E-state index is 9.70. The lowest BCUT2D eigenvalue weighted by Gasteiger charge is -2.27. The van der Waals surface area contributed by atoms with E-state index in [1.54, 1.807) is 6.92 Å². The Labute approximate surface area is 66.8 Å². The van der Waals surface area contributed by atoms with Gasteiger partial charge in [-0.05, 0) is 18.9 Å². The molecule has 64 valence electrons. The molecule has 0 spiro atoms. The lowest BCUT2D eigenvalue weighted by atomic mass is 9.92. The second-order valence-electron chi connectivity index (χ2n) is 3.03. The van der Waals surface area contributed by atoms with Crippen LogP contribution in [0.1, 0.15) is 13.3 Å². The first-order valence-electron chi connectivity index (χ1n) is 3.86. The van der Waals surface area contributed by atoms with E-state index in [0.717, 1.165) is 12.0 Å². The van der Waals surface area contributed by atoms with Crippen LogP contribution in [-0.4, -0.2) is 30.5 Å². The molecular weight excluding hydrogens is 142 g/mol. The van der Waals surface area contributed by atoms with Crippen molar-refractivity contribution in [3.8, 4) is 0 Å². The van der Waals surface area contributed by atoms with Crippen LogP contribution in [0.15, 0.2) is 11.6 Å². The predicted octanol–water partition coefficient (Wildman–Crippen LogP) is 0.0428. The Morgan fingerprint density at radius 2 is 2.55 bits per heavy atom. The summed E-state index contributed by atoms with van der Waals surface area (Å²) in [5.41, 5.74) is 5.58. The molecule has 1 aliphatic rings. The van der Waals surface area contributed by atoms with Crippen LogP contribution in [0.4, 0.5) is 0 Å². The van der Waals surface area contributed by atoms with Gasteiger partial charge in [0.1, 0.15) is 0 Å². The second kappa shape index (κ2) is 3.34. The van der Waals surface area contributed by atoms with E-state index in [1.807, 2.05) is 6.08 Å². The molecule has 0 amide bonds. The number of nitrogens with two attached hydrogens (primary N) is 1. The summed E-state index contributed by atoms with van der Waals surface area (Å²) in [7, 11) is 0. The normalized spacial score (nSPS) is 24.1. The van der Waals surface area contributed by atoms with Crippen molar-refractivity contribution in [2.24, 2.45) is 5.73 Å². The molecular formula is C8H15NO2. The third kappa shape index (κ3) is 2.02. The van der Waals surface area contributed by atoms with Gasteiger partial charge in [0.15, 0.2) is 0 Å². The molecule has 0 saturated heterocycles. The van der Waals surface area contributed by atoms with Crippen molar-refractivity contribution >= 4 is 0 Å². The molecule has 0 radical (unpaired) electrons. The Morgan fingerprint density at radius 3 is 3.00 bits per heavy atom. The third-order valence-corrected chi connectivity index (χ3v) is 2.05. The van der Waals surface area contributed by atoms with Crippen LogP contribution in [-0.2, 0) is 4.74 Å². The van der Waals surface area contributed by atoms with E-state index < -0.39 is 5.60 Å². The van der Waals surface area contributed by atoms with Gasteiger partial charge in [0, 0.05) is 6.54 Å². The molecule has 0 aromatic rings. The molecule has 1 unspecified atom stereocenters. The summed E-state index contributed by atoms with van der Waals surface area (Å²) in [6.45, 7) is 3.32. The zero-order valence-electron chi connectivity index (χ0n) is 6.84. The Hall–Kier alpha value is -0.380. The molecule has 0 bridgehead atoms. The molecule has 1 rings (SSSR count). The van der Waals surface area contributed by atoms with Crippen LogP contribution in [0.5, 0.6) is 0 Å². The molecule has 3 heteroatoms. The average Bonchev–Trinajstić information content (AvgIpc) is 2.06. The van der Waals surface area contributed by atoms with E-state index >= 15 is 0 Å². The lowest BCUT2D eigenvalue weighted by molar-refractivity contribution is 0.0814. The van der Waals surface area contributed by atoms with Gasteiger partial charge in [-0.1, -0.05) is 6.08 Å². The highest BCUT2D eigenvalue weighted by Gasteiger charge is 2.24. The smallest absolute Gasteiger partial charge is 0.0952 e. The lowest BCUT2D eigenvalue weighted by Crippen LogP contribution is -2.37. The summed E-state index contributed by atoms with van der Waals surface area (Å²) in [6, 6.07) is 0. The summed E-state index contributed by atoms with van der Waals surface area (Å²) >= 11 is 0. The number of rotatable bonds is 2. The summed E-state index contributed by atoms with van der Waals surface area (Å²) in [6.07, 6.45) is 2.71. The molecule has 3 N–H and O–H groups in total. The highest BCUT2D eigenvalue weighted by atomic mass is 16.5. The molecule has 0 fully saturated rings. The van der Waals surface area contributed by atoms with Crippen molar-refractivity contribution in [1.82, 2.24) is 0 Å². The number of ether oxygens (including phenoxy) is 1. The fourth-order valence-electron chi connectivity index (χ4n) is 1.15. The molecule has 1 atom stereocenters. The van der Waals surface area contributed by atoms with Crippen LogP contribution in [0.2, 0.25) is 0 Å². The largest absolute Gasteiger partial charge is 0.384 e. The van der Waals surface area contributed by atoms with Crippen molar-refractivity contribution in [3.63, 3.8) is 0 Å². The maximum absolute atomic E-state index is 9.70. The third-order valence-electron chi connectivity index (χ3n) is 2.05. The molecule has 0 aromatic heterocycles. The first kappa shape index (κ1) is 8.71. The van der Waals surface area contributed by atoms with Crippen molar-refractivity contribution < 1.29 is 9.84 Å². The van der Waals surface area contributed by atoms with Gasteiger partial charge in [0.05, 0.1) is 18.8 Å². The summed E-state index contributed by atoms with van der Waals surface area (Å²) < 4.78 is 5.11. The maximum Gasteiger partial charge on any atom is 0.0952 e. The van der Waals surface area contributed by atoms with E-state index in [1.165, 1.54) is 0 Å². The summed E-state index contributed by atoms with van der Waals surface area (Å²) in [5.74, 6) is 0. The number of aliphatic hydroxyl groups is 1. The van der Waals surface area contributed by atoms with Gasteiger partial charge in [-0.15, -0.1) is 0 Å². The number of hydrogen-bond acceptors (Lipinski definition) is 3. The average molecular weight is 157 g/mol. The molecule has 1 aliphatic heterocycles. The van der Waals surface area contributed by atoms with E-state index in [2.05, 4.69) is 0 Å². The zero-order chi connectivity index (χ0) is 8.32. The molecule has 0 saturated carbocycles. The monoisotopic (exact) mass is 157 g/mol. The van der Waals surface area contributed by atoms with Crippen molar-refractivity contribution in [3.05, 3.63) is 11.6 Å². The minimum Gasteiger partial charge on any atom is -0.384 e. The molecule has 0 aliphatic carbocycles. The van der Waals surface area contributed by atoms with Crippen molar-refractivity contribution in [1.29, 1.82) is 0 Å². The van der Waals surface area contributed by atoms with Crippen LogP contribution < -0.4 is 5.73 Å². The van der Waals surface area contributed by atoms with Gasteiger partial charge >= 0.3 is 0 Å².